The summed E-state index contributed by atoms with van der Waals surface area (Å²) < 4.78 is 0. The normalized spacial score (nSPS) is 20.7. The highest BCUT2D eigenvalue weighted by atomic mass is 14.9. The van der Waals surface area contributed by atoms with Gasteiger partial charge in [-0.3, -0.25) is 5.32 Å². The van der Waals surface area contributed by atoms with E-state index >= 15 is 0 Å². The topological polar surface area (TPSA) is 14.1 Å². The van der Waals surface area contributed by atoms with E-state index in [-0.39, 0.29) is 0 Å². The zero-order valence-electron chi connectivity index (χ0n) is 10.1. The predicted octanol–water partition coefficient (Wildman–Crippen LogP) is 4.29. The van der Waals surface area contributed by atoms with Crippen molar-refractivity contribution in [3.05, 3.63) is 22.5 Å². The van der Waals surface area contributed by atoms with Crippen LogP contribution in [0.1, 0.15) is 65.2 Å². The van der Waals surface area contributed by atoms with E-state index in [9.17, 15) is 0 Å². The molecular weight excluding hydrogens is 182 g/mol. The van der Waals surface area contributed by atoms with E-state index in [0.29, 0.717) is 0 Å². The lowest BCUT2D eigenvalue weighted by atomic mass is 9.93. The zero-order valence-corrected chi connectivity index (χ0v) is 10.1. The van der Waals surface area contributed by atoms with E-state index in [1.807, 2.05) is 0 Å². The summed E-state index contributed by atoms with van der Waals surface area (Å²) in [6.07, 6.45) is 10.4. The van der Waals surface area contributed by atoms with E-state index < -0.39 is 0 Å². The van der Waals surface area contributed by atoms with Crippen LogP contribution < -0.4 is 5.32 Å². The molecule has 0 saturated carbocycles. The van der Waals surface area contributed by atoms with Gasteiger partial charge in [0, 0.05) is 11.4 Å². The van der Waals surface area contributed by atoms with Gasteiger partial charge in [-0.1, -0.05) is 19.8 Å². The van der Waals surface area contributed by atoms with Crippen molar-refractivity contribution < 1.29 is 0 Å². The van der Waals surface area contributed by atoms with Crippen molar-refractivity contribution >= 4 is 0 Å². The van der Waals surface area contributed by atoms with Crippen LogP contribution in [-0.2, 0) is 0 Å². The summed E-state index contributed by atoms with van der Waals surface area (Å²) >= 11 is 0. The monoisotopic (exact) mass is 204 g/mol. The highest BCUT2D eigenvalue weighted by Crippen LogP contribution is 2.37. The van der Waals surface area contributed by atoms with Gasteiger partial charge in [-0.2, -0.15) is 0 Å². The second kappa shape index (κ2) is 4.87. The van der Waals surface area contributed by atoms with Gasteiger partial charge < -0.3 is 0 Å². The number of hydrogen-bond acceptors (Lipinski definition) is 0. The summed E-state index contributed by atoms with van der Waals surface area (Å²) in [5, 5.41) is 4.82. The van der Waals surface area contributed by atoms with Crippen LogP contribution in [0.25, 0.3) is 0 Å². The van der Waals surface area contributed by atoms with Crippen LogP contribution in [-0.4, -0.2) is 0 Å². The molecule has 15 heavy (non-hydrogen) atoms. The van der Waals surface area contributed by atoms with Crippen LogP contribution in [0.5, 0.6) is 0 Å². The molecule has 1 aliphatic heterocycles. The molecule has 1 radical (unpaired) electrons. The fourth-order valence-corrected chi connectivity index (χ4v) is 2.62. The number of hydrogen-bond donors (Lipinski definition) is 0. The summed E-state index contributed by atoms with van der Waals surface area (Å²) in [4.78, 5) is 0. The van der Waals surface area contributed by atoms with Crippen molar-refractivity contribution in [2.45, 2.75) is 65.2 Å². The Labute approximate surface area is 93.6 Å². The summed E-state index contributed by atoms with van der Waals surface area (Å²) in [6.45, 7) is 4.54. The Bertz CT molecular complexity index is 296. The van der Waals surface area contributed by atoms with Crippen LogP contribution in [0.15, 0.2) is 22.5 Å². The van der Waals surface area contributed by atoms with Gasteiger partial charge in [0.1, 0.15) is 0 Å². The second-order valence-corrected chi connectivity index (χ2v) is 4.77. The van der Waals surface area contributed by atoms with E-state index in [1.165, 1.54) is 68.3 Å². The molecule has 0 saturated heterocycles. The van der Waals surface area contributed by atoms with Crippen molar-refractivity contribution in [3.8, 4) is 0 Å². The van der Waals surface area contributed by atoms with Crippen LogP contribution in [0, 0.1) is 0 Å². The molecular formula is C14H22N. The van der Waals surface area contributed by atoms with Gasteiger partial charge in [0.05, 0.1) is 0 Å². The second-order valence-electron chi connectivity index (χ2n) is 4.77. The standard InChI is InChI=1S/C14H22N/c1-3-4-5-9-13-11(2)12-8-6-7-10-14(12)15-13/h3-10H2,1-2H3. The first kappa shape index (κ1) is 10.8. The largest absolute Gasteiger partial charge is 0.257 e. The number of allylic oxidation sites excluding steroid dienone is 4. The van der Waals surface area contributed by atoms with Crippen molar-refractivity contribution in [3.63, 3.8) is 0 Å². The molecule has 0 N–H and O–H groups in total. The molecule has 0 unspecified atom stereocenters. The van der Waals surface area contributed by atoms with E-state index in [4.69, 9.17) is 5.32 Å². The SMILES string of the molecule is CCCCCC1=C(C)C2=C(CCCC2)[N]1. The lowest BCUT2D eigenvalue weighted by Crippen LogP contribution is -2.03. The maximum absolute atomic E-state index is 4.82. The van der Waals surface area contributed by atoms with Crippen molar-refractivity contribution in [1.29, 1.82) is 0 Å². The van der Waals surface area contributed by atoms with Crippen LogP contribution in [0.3, 0.4) is 0 Å². The van der Waals surface area contributed by atoms with Crippen LogP contribution in [0.2, 0.25) is 0 Å². The highest BCUT2D eigenvalue weighted by Gasteiger charge is 2.24. The minimum atomic E-state index is 1.20. The van der Waals surface area contributed by atoms with Gasteiger partial charge in [0.15, 0.2) is 0 Å². The molecule has 0 fully saturated rings. The van der Waals surface area contributed by atoms with Gasteiger partial charge >= 0.3 is 0 Å². The first-order chi connectivity index (χ1) is 7.33. The summed E-state index contributed by atoms with van der Waals surface area (Å²) in [5.41, 5.74) is 5.93. The Balaban J connectivity index is 1.95. The molecule has 0 aromatic heterocycles. The van der Waals surface area contributed by atoms with Gasteiger partial charge in [-0.25, -0.2) is 0 Å². The first-order valence-electron chi connectivity index (χ1n) is 6.46. The molecule has 0 atom stereocenters. The third kappa shape index (κ3) is 2.27. The van der Waals surface area contributed by atoms with E-state index in [0.717, 1.165) is 0 Å². The molecule has 1 heteroatoms. The lowest BCUT2D eigenvalue weighted by molar-refractivity contribution is 0.646. The van der Waals surface area contributed by atoms with Crippen molar-refractivity contribution in [2.75, 3.05) is 0 Å². The Kier molecular flexibility index (Phi) is 3.50. The van der Waals surface area contributed by atoms with Crippen LogP contribution >= 0.6 is 0 Å². The van der Waals surface area contributed by atoms with Gasteiger partial charge in [0.25, 0.3) is 0 Å². The number of unbranched alkanes of at least 4 members (excludes halogenated alkanes) is 2. The fraction of sp³-hybridized carbons (Fsp3) is 0.714. The molecule has 1 aliphatic carbocycles. The molecule has 2 rings (SSSR count). The Hall–Kier alpha value is -0.720. The fourth-order valence-electron chi connectivity index (χ4n) is 2.62. The van der Waals surface area contributed by atoms with Crippen molar-refractivity contribution in [2.24, 2.45) is 0 Å². The average Bonchev–Trinajstić information content (AvgIpc) is 2.57. The first-order valence-corrected chi connectivity index (χ1v) is 6.46. The molecule has 0 aromatic rings. The van der Waals surface area contributed by atoms with E-state index in [2.05, 4.69) is 13.8 Å². The molecule has 1 heterocycles. The van der Waals surface area contributed by atoms with Crippen LogP contribution in [0.4, 0.5) is 0 Å². The minimum absolute atomic E-state index is 1.20. The number of nitrogens with zero attached hydrogens (tertiary/aromatic N) is 1. The maximum atomic E-state index is 4.82. The molecule has 0 bridgehead atoms. The van der Waals surface area contributed by atoms with Gasteiger partial charge in [-0.15, -0.1) is 0 Å². The lowest BCUT2D eigenvalue weighted by Gasteiger charge is -2.13. The molecule has 83 valence electrons. The zero-order chi connectivity index (χ0) is 10.7. The Morgan fingerprint density at radius 2 is 1.93 bits per heavy atom. The van der Waals surface area contributed by atoms with Crippen molar-refractivity contribution in [1.82, 2.24) is 5.32 Å². The minimum Gasteiger partial charge on any atom is -0.257 e. The maximum Gasteiger partial charge on any atom is 0.0442 e. The average molecular weight is 204 g/mol. The summed E-state index contributed by atoms with van der Waals surface area (Å²) in [5.74, 6) is 0. The number of rotatable bonds is 4. The predicted molar refractivity (Wildman–Crippen MR) is 64.5 cm³/mol. The van der Waals surface area contributed by atoms with Gasteiger partial charge in [-0.05, 0) is 56.6 Å². The Morgan fingerprint density at radius 1 is 1.13 bits per heavy atom. The third-order valence-electron chi connectivity index (χ3n) is 3.61. The summed E-state index contributed by atoms with van der Waals surface area (Å²) in [6, 6.07) is 0. The molecule has 2 aliphatic rings. The molecule has 0 aromatic carbocycles. The third-order valence-corrected chi connectivity index (χ3v) is 3.61. The quantitative estimate of drug-likeness (QED) is 0.607. The smallest absolute Gasteiger partial charge is 0.0442 e. The summed E-state index contributed by atoms with van der Waals surface area (Å²) in [7, 11) is 0. The van der Waals surface area contributed by atoms with E-state index in [1.54, 1.807) is 5.57 Å². The Morgan fingerprint density at radius 3 is 2.67 bits per heavy atom. The molecule has 0 amide bonds. The van der Waals surface area contributed by atoms with Gasteiger partial charge in [0.2, 0.25) is 0 Å². The highest BCUT2D eigenvalue weighted by molar-refractivity contribution is 5.44. The molecule has 1 nitrogen and oxygen atoms in total. The molecule has 0 spiro atoms.